The fourth-order valence-electron chi connectivity index (χ4n) is 1.86. The van der Waals surface area contributed by atoms with E-state index in [0.29, 0.717) is 0 Å². The van der Waals surface area contributed by atoms with Crippen molar-refractivity contribution in [2.24, 2.45) is 0 Å². The van der Waals surface area contributed by atoms with Gasteiger partial charge in [-0.15, -0.1) is 0 Å². The van der Waals surface area contributed by atoms with Gasteiger partial charge in [-0.05, 0) is 19.9 Å². The van der Waals surface area contributed by atoms with Crippen molar-refractivity contribution in [2.75, 3.05) is 6.61 Å². The molecule has 1 aromatic rings. The predicted octanol–water partition coefficient (Wildman–Crippen LogP) is 0.224. The molecule has 2 unspecified atom stereocenters. The summed E-state index contributed by atoms with van der Waals surface area (Å²) in [5.41, 5.74) is 0. The molecule has 4 atom stereocenters. The number of rotatable bonds is 3. The molecule has 0 amide bonds. The topological polar surface area (TPSA) is 76.7 Å². The number of aromatic nitrogens is 2. The molecule has 18 heavy (non-hydrogen) atoms. The highest BCUT2D eigenvalue weighted by molar-refractivity contribution is 4.88. The van der Waals surface area contributed by atoms with Gasteiger partial charge in [0, 0.05) is 12.4 Å². The van der Waals surface area contributed by atoms with Gasteiger partial charge in [-0.1, -0.05) is 0 Å². The molecule has 102 valence electrons. The van der Waals surface area contributed by atoms with E-state index in [1.807, 2.05) is 0 Å². The summed E-state index contributed by atoms with van der Waals surface area (Å²) in [5.74, 6) is -0.964. The van der Waals surface area contributed by atoms with E-state index in [0.717, 1.165) is 4.68 Å². The first kappa shape index (κ1) is 13.4. The van der Waals surface area contributed by atoms with Gasteiger partial charge in [0.1, 0.15) is 18.3 Å². The van der Waals surface area contributed by atoms with Crippen LogP contribution in [-0.4, -0.2) is 50.7 Å². The van der Waals surface area contributed by atoms with Gasteiger partial charge < -0.3 is 19.7 Å². The van der Waals surface area contributed by atoms with Crippen molar-refractivity contribution in [2.45, 2.75) is 44.2 Å². The minimum atomic E-state index is -1.78. The molecule has 1 saturated heterocycles. The number of aliphatic hydroxyl groups is 2. The maximum atomic E-state index is 14.0. The number of halogens is 1. The normalized spacial score (nSPS) is 30.9. The minimum absolute atomic E-state index is 0.0133. The van der Waals surface area contributed by atoms with Crippen molar-refractivity contribution in [3.8, 4) is 0 Å². The lowest BCUT2D eigenvalue weighted by Crippen LogP contribution is -2.55. The maximum absolute atomic E-state index is 14.0. The van der Waals surface area contributed by atoms with Crippen molar-refractivity contribution < 1.29 is 24.1 Å². The molecule has 1 aliphatic heterocycles. The third-order valence-electron chi connectivity index (χ3n) is 2.80. The molecule has 1 aliphatic rings. The van der Waals surface area contributed by atoms with Crippen LogP contribution >= 0.6 is 0 Å². The van der Waals surface area contributed by atoms with Crippen LogP contribution in [0.2, 0.25) is 0 Å². The maximum Gasteiger partial charge on any atom is 0.219 e. The van der Waals surface area contributed by atoms with Crippen LogP contribution in [0.15, 0.2) is 18.5 Å². The van der Waals surface area contributed by atoms with Crippen molar-refractivity contribution >= 4 is 0 Å². The SMILES string of the molecule is CC1(C)OC[C@@H](O)C([C@@H](O)C(F)n2cccn2)O1. The molecule has 1 aromatic heterocycles. The highest BCUT2D eigenvalue weighted by atomic mass is 19.1. The third kappa shape index (κ3) is 2.69. The first-order chi connectivity index (χ1) is 8.41. The van der Waals surface area contributed by atoms with Gasteiger partial charge >= 0.3 is 0 Å². The minimum Gasteiger partial charge on any atom is -0.388 e. The number of hydrogen-bond acceptors (Lipinski definition) is 5. The summed E-state index contributed by atoms with van der Waals surface area (Å²) >= 11 is 0. The predicted molar refractivity (Wildman–Crippen MR) is 59.3 cm³/mol. The number of hydrogen-bond donors (Lipinski definition) is 2. The second kappa shape index (κ2) is 4.93. The van der Waals surface area contributed by atoms with Gasteiger partial charge in [0.2, 0.25) is 6.30 Å². The van der Waals surface area contributed by atoms with E-state index in [1.165, 1.54) is 12.4 Å². The van der Waals surface area contributed by atoms with E-state index >= 15 is 0 Å². The van der Waals surface area contributed by atoms with Crippen LogP contribution in [-0.2, 0) is 9.47 Å². The summed E-state index contributed by atoms with van der Waals surface area (Å²) in [6.07, 6.45) is -2.65. The molecule has 0 bridgehead atoms. The third-order valence-corrected chi connectivity index (χ3v) is 2.80. The molecule has 2 heterocycles. The molecule has 0 spiro atoms. The van der Waals surface area contributed by atoms with Crippen LogP contribution in [0.4, 0.5) is 4.39 Å². The van der Waals surface area contributed by atoms with Gasteiger partial charge in [-0.2, -0.15) is 5.10 Å². The molecule has 6 nitrogen and oxygen atoms in total. The second-order valence-corrected chi connectivity index (χ2v) is 4.71. The fraction of sp³-hybridized carbons (Fsp3) is 0.727. The lowest BCUT2D eigenvalue weighted by atomic mass is 10.1. The van der Waals surface area contributed by atoms with Crippen LogP contribution < -0.4 is 0 Å². The Morgan fingerprint density at radius 2 is 2.28 bits per heavy atom. The average molecular weight is 260 g/mol. The van der Waals surface area contributed by atoms with Gasteiger partial charge in [0.15, 0.2) is 5.79 Å². The van der Waals surface area contributed by atoms with E-state index < -0.39 is 30.4 Å². The first-order valence-electron chi connectivity index (χ1n) is 5.72. The molecule has 2 rings (SSSR count). The summed E-state index contributed by atoms with van der Waals surface area (Å²) in [5, 5.41) is 23.4. The quantitative estimate of drug-likeness (QED) is 0.813. The van der Waals surface area contributed by atoms with Crippen molar-refractivity contribution in [3.05, 3.63) is 18.5 Å². The van der Waals surface area contributed by atoms with Gasteiger partial charge in [0.05, 0.1) is 6.61 Å². The molecule has 7 heteroatoms. The van der Waals surface area contributed by atoms with E-state index in [4.69, 9.17) is 9.47 Å². The zero-order chi connectivity index (χ0) is 13.3. The Morgan fingerprint density at radius 3 is 2.89 bits per heavy atom. The molecular formula is C11H17FN2O4. The highest BCUT2D eigenvalue weighted by Gasteiger charge is 2.43. The second-order valence-electron chi connectivity index (χ2n) is 4.71. The molecule has 0 aromatic carbocycles. The van der Waals surface area contributed by atoms with Gasteiger partial charge in [-0.3, -0.25) is 0 Å². The van der Waals surface area contributed by atoms with E-state index in [2.05, 4.69) is 5.10 Å². The Morgan fingerprint density at radius 1 is 1.56 bits per heavy atom. The summed E-state index contributed by atoms with van der Waals surface area (Å²) < 4.78 is 25.5. The smallest absolute Gasteiger partial charge is 0.219 e. The Kier molecular flexibility index (Phi) is 3.67. The van der Waals surface area contributed by atoms with Crippen LogP contribution in [0, 0.1) is 0 Å². The van der Waals surface area contributed by atoms with Gasteiger partial charge in [0.25, 0.3) is 0 Å². The lowest BCUT2D eigenvalue weighted by molar-refractivity contribution is -0.324. The molecule has 1 fully saturated rings. The molecule has 0 aliphatic carbocycles. The van der Waals surface area contributed by atoms with Crippen LogP contribution in [0.5, 0.6) is 0 Å². The van der Waals surface area contributed by atoms with Gasteiger partial charge in [-0.25, -0.2) is 9.07 Å². The average Bonchev–Trinajstić information content (AvgIpc) is 2.84. The summed E-state index contributed by atoms with van der Waals surface area (Å²) in [4.78, 5) is 0. The molecule has 2 N–H and O–H groups in total. The zero-order valence-corrected chi connectivity index (χ0v) is 10.2. The molecule has 0 saturated carbocycles. The highest BCUT2D eigenvalue weighted by Crippen LogP contribution is 2.28. The van der Waals surface area contributed by atoms with Crippen LogP contribution in [0.1, 0.15) is 20.1 Å². The fourth-order valence-corrected chi connectivity index (χ4v) is 1.86. The number of ether oxygens (including phenoxy) is 2. The van der Waals surface area contributed by atoms with Crippen molar-refractivity contribution in [3.63, 3.8) is 0 Å². The largest absolute Gasteiger partial charge is 0.388 e. The first-order valence-corrected chi connectivity index (χ1v) is 5.72. The van der Waals surface area contributed by atoms with E-state index in [-0.39, 0.29) is 6.61 Å². The molecule has 0 radical (unpaired) electrons. The van der Waals surface area contributed by atoms with E-state index in [9.17, 15) is 14.6 Å². The Hall–Kier alpha value is -1.02. The van der Waals surface area contributed by atoms with Crippen LogP contribution in [0.25, 0.3) is 0 Å². The van der Waals surface area contributed by atoms with Crippen molar-refractivity contribution in [1.29, 1.82) is 0 Å². The summed E-state index contributed by atoms with van der Waals surface area (Å²) in [6.45, 7) is 3.26. The number of nitrogens with zero attached hydrogens (tertiary/aromatic N) is 2. The van der Waals surface area contributed by atoms with Crippen LogP contribution in [0.3, 0.4) is 0 Å². The van der Waals surface area contributed by atoms with Crippen molar-refractivity contribution in [1.82, 2.24) is 9.78 Å². The zero-order valence-electron chi connectivity index (χ0n) is 10.2. The molecular weight excluding hydrogens is 243 g/mol. The number of aliphatic hydroxyl groups excluding tert-OH is 2. The monoisotopic (exact) mass is 260 g/mol. The Labute approximate surface area is 104 Å². The van der Waals surface area contributed by atoms with E-state index in [1.54, 1.807) is 19.9 Å². The standard InChI is InChI=1S/C11H17FN2O4/c1-11(2)17-6-7(15)9(18-11)8(16)10(12)14-5-3-4-13-14/h3-5,7-10,15-16H,6H2,1-2H3/t7-,8-,9?,10?/m1/s1. The summed E-state index contributed by atoms with van der Waals surface area (Å²) in [6, 6.07) is 1.55. The lowest BCUT2D eigenvalue weighted by Gasteiger charge is -2.41. The Bertz CT molecular complexity index is 384. The summed E-state index contributed by atoms with van der Waals surface area (Å²) in [7, 11) is 0. The Balaban J connectivity index is 2.09. The number of alkyl halides is 1.